The van der Waals surface area contributed by atoms with E-state index in [9.17, 15) is 5.11 Å². The van der Waals surface area contributed by atoms with Crippen LogP contribution < -0.4 is 5.32 Å². The Balaban J connectivity index is 1.62. The maximum Gasteiger partial charge on any atom is 0.0891 e. The van der Waals surface area contributed by atoms with Gasteiger partial charge in [0.2, 0.25) is 0 Å². The number of hydrogen-bond acceptors (Lipinski definition) is 2. The summed E-state index contributed by atoms with van der Waals surface area (Å²) >= 11 is 12.4. The third kappa shape index (κ3) is 3.70. The van der Waals surface area contributed by atoms with Crippen LogP contribution in [0.15, 0.2) is 54.6 Å². The molecule has 28 heavy (non-hydrogen) atoms. The quantitative estimate of drug-likeness (QED) is 0.409. The van der Waals surface area contributed by atoms with Crippen molar-refractivity contribution in [2.75, 3.05) is 11.9 Å². The molecule has 0 amide bonds. The van der Waals surface area contributed by atoms with E-state index in [0.717, 1.165) is 27.5 Å². The molecule has 0 fully saturated rings. The fraction of sp³-hybridized carbons (Fsp3) is 0.217. The lowest BCUT2D eigenvalue weighted by Gasteiger charge is -2.16. The van der Waals surface area contributed by atoms with Gasteiger partial charge in [-0.1, -0.05) is 29.3 Å². The van der Waals surface area contributed by atoms with E-state index in [-0.39, 0.29) is 0 Å². The minimum Gasteiger partial charge on any atom is -0.389 e. The second-order valence-electron chi connectivity index (χ2n) is 7.27. The van der Waals surface area contributed by atoms with Gasteiger partial charge in [0.05, 0.1) is 12.6 Å². The van der Waals surface area contributed by atoms with Crippen molar-refractivity contribution < 1.29 is 5.11 Å². The molecule has 1 aromatic heterocycles. The lowest BCUT2D eigenvalue weighted by Crippen LogP contribution is -2.24. The summed E-state index contributed by atoms with van der Waals surface area (Å²) in [5.74, 6) is 0. The third-order valence-corrected chi connectivity index (χ3v) is 5.70. The van der Waals surface area contributed by atoms with Crippen molar-refractivity contribution in [2.45, 2.75) is 26.5 Å². The zero-order chi connectivity index (χ0) is 19.8. The van der Waals surface area contributed by atoms with Gasteiger partial charge in [0.15, 0.2) is 0 Å². The van der Waals surface area contributed by atoms with Gasteiger partial charge in [-0.25, -0.2) is 0 Å². The highest BCUT2D eigenvalue weighted by Crippen LogP contribution is 2.33. The maximum atomic E-state index is 10.7. The molecule has 1 unspecified atom stereocenters. The first-order valence-electron chi connectivity index (χ1n) is 9.28. The number of aliphatic hydroxyl groups is 1. The Morgan fingerprint density at radius 1 is 0.857 bits per heavy atom. The predicted molar refractivity (Wildman–Crippen MR) is 120 cm³/mol. The van der Waals surface area contributed by atoms with Crippen LogP contribution in [0.2, 0.25) is 10.0 Å². The Labute approximate surface area is 174 Å². The van der Waals surface area contributed by atoms with Crippen LogP contribution in [0.25, 0.3) is 21.8 Å². The minimum atomic E-state index is -0.549. The molecule has 0 spiro atoms. The molecule has 0 aliphatic carbocycles. The normalized spacial score (nSPS) is 12.6. The van der Waals surface area contributed by atoms with Crippen molar-refractivity contribution >= 4 is 50.7 Å². The van der Waals surface area contributed by atoms with E-state index >= 15 is 0 Å². The number of anilines is 1. The summed E-state index contributed by atoms with van der Waals surface area (Å²) < 4.78 is 2.13. The van der Waals surface area contributed by atoms with Crippen LogP contribution in [0.5, 0.6) is 0 Å². The number of aliphatic hydroxyl groups excluding tert-OH is 1. The van der Waals surface area contributed by atoms with Crippen LogP contribution in [0, 0.1) is 13.8 Å². The first-order valence-corrected chi connectivity index (χ1v) is 10.0. The van der Waals surface area contributed by atoms with Gasteiger partial charge < -0.3 is 15.0 Å². The van der Waals surface area contributed by atoms with E-state index in [1.54, 1.807) is 0 Å². The Hall–Kier alpha value is -2.20. The Morgan fingerprint density at radius 2 is 1.46 bits per heavy atom. The number of benzene rings is 3. The van der Waals surface area contributed by atoms with Crippen LogP contribution in [0.4, 0.5) is 5.69 Å². The van der Waals surface area contributed by atoms with E-state index in [0.29, 0.717) is 23.1 Å². The molecule has 4 aromatic rings. The largest absolute Gasteiger partial charge is 0.389 e. The van der Waals surface area contributed by atoms with Crippen molar-refractivity contribution in [1.29, 1.82) is 0 Å². The second-order valence-corrected chi connectivity index (χ2v) is 8.14. The SMILES string of the molecule is Cc1ccc(NCC(O)Cn2c3ccc(Cl)cc3c3cc(Cl)ccc32)cc1C. The first-order chi connectivity index (χ1) is 13.4. The van der Waals surface area contributed by atoms with Gasteiger partial charge in [-0.3, -0.25) is 0 Å². The molecule has 3 nitrogen and oxygen atoms in total. The summed E-state index contributed by atoms with van der Waals surface area (Å²) in [5.41, 5.74) is 5.58. The van der Waals surface area contributed by atoms with Gasteiger partial charge in [-0.05, 0) is 73.5 Å². The molecule has 1 heterocycles. The molecule has 0 aliphatic heterocycles. The summed E-state index contributed by atoms with van der Waals surface area (Å²) in [6.07, 6.45) is -0.549. The van der Waals surface area contributed by atoms with Gasteiger partial charge in [-0.15, -0.1) is 0 Å². The summed E-state index contributed by atoms with van der Waals surface area (Å²) in [6.45, 7) is 5.12. The van der Waals surface area contributed by atoms with E-state index in [4.69, 9.17) is 23.2 Å². The standard InChI is InChI=1S/C23H22Cl2N2O/c1-14-3-6-18(9-15(14)2)26-12-19(28)13-27-22-7-4-16(24)10-20(22)21-11-17(25)5-8-23(21)27/h3-11,19,26,28H,12-13H2,1-2H3. The molecule has 144 valence electrons. The molecule has 0 saturated heterocycles. The maximum absolute atomic E-state index is 10.7. The monoisotopic (exact) mass is 412 g/mol. The lowest BCUT2D eigenvalue weighted by molar-refractivity contribution is 0.169. The Kier molecular flexibility index (Phi) is 5.24. The van der Waals surface area contributed by atoms with Gasteiger partial charge >= 0.3 is 0 Å². The van der Waals surface area contributed by atoms with Crippen molar-refractivity contribution in [1.82, 2.24) is 4.57 Å². The van der Waals surface area contributed by atoms with Crippen LogP contribution in [-0.2, 0) is 6.54 Å². The van der Waals surface area contributed by atoms with Crippen LogP contribution in [0.3, 0.4) is 0 Å². The number of hydrogen-bond donors (Lipinski definition) is 2. The van der Waals surface area contributed by atoms with Gasteiger partial charge in [0.25, 0.3) is 0 Å². The van der Waals surface area contributed by atoms with Gasteiger partial charge in [-0.2, -0.15) is 0 Å². The highest BCUT2D eigenvalue weighted by atomic mass is 35.5. The number of nitrogens with zero attached hydrogens (tertiary/aromatic N) is 1. The highest BCUT2D eigenvalue weighted by Gasteiger charge is 2.14. The zero-order valence-corrected chi connectivity index (χ0v) is 17.3. The second kappa shape index (κ2) is 7.67. The van der Waals surface area contributed by atoms with Crippen LogP contribution in [0.1, 0.15) is 11.1 Å². The Bertz CT molecular complexity index is 1110. The minimum absolute atomic E-state index is 0.463. The van der Waals surface area contributed by atoms with Gasteiger partial charge in [0.1, 0.15) is 0 Å². The van der Waals surface area contributed by atoms with Crippen molar-refractivity contribution in [3.8, 4) is 0 Å². The number of nitrogens with one attached hydrogen (secondary N) is 1. The summed E-state index contributed by atoms with van der Waals surface area (Å²) in [7, 11) is 0. The molecule has 5 heteroatoms. The molecular weight excluding hydrogens is 391 g/mol. The van der Waals surface area contributed by atoms with E-state index in [1.807, 2.05) is 42.5 Å². The number of aromatic nitrogens is 1. The van der Waals surface area contributed by atoms with E-state index < -0.39 is 6.10 Å². The molecule has 0 bridgehead atoms. The fourth-order valence-corrected chi connectivity index (χ4v) is 3.95. The first kappa shape index (κ1) is 19.1. The molecule has 4 rings (SSSR count). The molecule has 0 radical (unpaired) electrons. The van der Waals surface area contributed by atoms with Crippen molar-refractivity contribution in [3.63, 3.8) is 0 Å². The van der Waals surface area contributed by atoms with E-state index in [1.165, 1.54) is 11.1 Å². The van der Waals surface area contributed by atoms with Crippen LogP contribution in [-0.4, -0.2) is 22.3 Å². The number of rotatable bonds is 5. The fourth-order valence-electron chi connectivity index (χ4n) is 3.61. The number of aryl methyl sites for hydroxylation is 2. The van der Waals surface area contributed by atoms with Crippen LogP contribution >= 0.6 is 23.2 Å². The summed E-state index contributed by atoms with van der Waals surface area (Å²) in [4.78, 5) is 0. The van der Waals surface area contributed by atoms with E-state index in [2.05, 4.69) is 35.9 Å². The smallest absolute Gasteiger partial charge is 0.0891 e. The molecular formula is C23H22Cl2N2O. The van der Waals surface area contributed by atoms with Gasteiger partial charge in [0, 0.05) is 44.1 Å². The molecule has 0 saturated carbocycles. The summed E-state index contributed by atoms with van der Waals surface area (Å²) in [6, 6.07) is 17.9. The Morgan fingerprint density at radius 3 is 2.04 bits per heavy atom. The zero-order valence-electron chi connectivity index (χ0n) is 15.8. The molecule has 0 aliphatic rings. The molecule has 2 N–H and O–H groups in total. The average Bonchev–Trinajstić information content (AvgIpc) is 2.95. The lowest BCUT2D eigenvalue weighted by atomic mass is 10.1. The third-order valence-electron chi connectivity index (χ3n) is 5.23. The molecule has 1 atom stereocenters. The average molecular weight is 413 g/mol. The molecule has 3 aromatic carbocycles. The highest BCUT2D eigenvalue weighted by molar-refractivity contribution is 6.33. The number of halogens is 2. The topological polar surface area (TPSA) is 37.2 Å². The predicted octanol–water partition coefficient (Wildman–Crippen LogP) is 6.19. The van der Waals surface area contributed by atoms with Crippen molar-refractivity contribution in [2.24, 2.45) is 0 Å². The number of fused-ring (bicyclic) bond motifs is 3. The summed E-state index contributed by atoms with van der Waals surface area (Å²) in [5, 5.41) is 17.5. The van der Waals surface area contributed by atoms with Crippen molar-refractivity contribution in [3.05, 3.63) is 75.8 Å².